The van der Waals surface area contributed by atoms with Gasteiger partial charge in [0.15, 0.2) is 0 Å². The molecular weight excluding hydrogens is 440 g/mol. The van der Waals surface area contributed by atoms with Crippen molar-refractivity contribution >= 4 is 17.7 Å². The van der Waals surface area contributed by atoms with Gasteiger partial charge >= 0.3 is 0 Å². The van der Waals surface area contributed by atoms with Crippen LogP contribution in [-0.2, 0) is 22.6 Å². The van der Waals surface area contributed by atoms with E-state index in [1.807, 2.05) is 19.1 Å². The van der Waals surface area contributed by atoms with Crippen LogP contribution in [0.2, 0.25) is 0 Å². The molecule has 8 heteroatoms. The Bertz CT molecular complexity index is 990. The van der Waals surface area contributed by atoms with Gasteiger partial charge in [0.1, 0.15) is 6.04 Å². The molecule has 2 aliphatic carbocycles. The Morgan fingerprint density at radius 1 is 1.15 bits per heavy atom. The minimum Gasteiger partial charge on any atom is -0.322 e. The van der Waals surface area contributed by atoms with Crippen molar-refractivity contribution in [2.45, 2.75) is 95.3 Å². The van der Waals surface area contributed by atoms with Gasteiger partial charge in [-0.2, -0.15) is 0 Å². The SMILES string of the molecule is C[C@H](N[C@H]1CCCC[C@@H]1Cc1ccc2c(c1)CN(C1CCC(=O)NC1=O)C2=O)C1CC(F)(F)C1. The molecule has 3 fully saturated rings. The molecular formula is C26H33F2N3O3. The van der Waals surface area contributed by atoms with E-state index in [1.54, 1.807) is 4.90 Å². The quantitative estimate of drug-likeness (QED) is 0.620. The van der Waals surface area contributed by atoms with E-state index in [9.17, 15) is 23.2 Å². The van der Waals surface area contributed by atoms with E-state index in [1.165, 1.54) is 12.0 Å². The lowest BCUT2D eigenvalue weighted by Gasteiger charge is -2.42. The number of nitrogens with zero attached hydrogens (tertiary/aromatic N) is 1. The minimum absolute atomic E-state index is 0.0128. The zero-order valence-electron chi connectivity index (χ0n) is 19.6. The maximum atomic E-state index is 13.3. The molecule has 0 bridgehead atoms. The number of piperidine rings is 1. The molecule has 2 heterocycles. The second-order valence-corrected chi connectivity index (χ2v) is 10.7. The highest BCUT2D eigenvalue weighted by atomic mass is 19.3. The lowest BCUT2D eigenvalue weighted by Crippen LogP contribution is -2.52. The first-order chi connectivity index (χ1) is 16.2. The number of hydrogen-bond acceptors (Lipinski definition) is 4. The van der Waals surface area contributed by atoms with Gasteiger partial charge in [0.2, 0.25) is 17.7 Å². The van der Waals surface area contributed by atoms with E-state index in [2.05, 4.69) is 16.7 Å². The van der Waals surface area contributed by atoms with E-state index >= 15 is 0 Å². The smallest absolute Gasteiger partial charge is 0.255 e. The van der Waals surface area contributed by atoms with Crippen molar-refractivity contribution in [3.05, 3.63) is 34.9 Å². The average Bonchev–Trinajstić information content (AvgIpc) is 3.09. The average molecular weight is 474 g/mol. The first-order valence-electron chi connectivity index (χ1n) is 12.6. The van der Waals surface area contributed by atoms with Crippen LogP contribution in [0.25, 0.3) is 0 Å². The Hall–Kier alpha value is -2.35. The zero-order valence-corrected chi connectivity index (χ0v) is 19.6. The van der Waals surface area contributed by atoms with Crippen molar-refractivity contribution in [1.29, 1.82) is 0 Å². The Kier molecular flexibility index (Phi) is 6.21. The topological polar surface area (TPSA) is 78.5 Å². The number of hydrogen-bond donors (Lipinski definition) is 2. The van der Waals surface area contributed by atoms with Crippen LogP contribution in [0.1, 0.15) is 79.8 Å². The van der Waals surface area contributed by atoms with E-state index in [-0.39, 0.29) is 43.0 Å². The number of amides is 3. The molecule has 2 N–H and O–H groups in total. The van der Waals surface area contributed by atoms with Gasteiger partial charge in [0, 0.05) is 43.5 Å². The molecule has 1 aromatic rings. The molecule has 0 spiro atoms. The van der Waals surface area contributed by atoms with Crippen LogP contribution in [0, 0.1) is 11.8 Å². The first kappa shape index (κ1) is 23.4. The number of fused-ring (bicyclic) bond motifs is 1. The highest BCUT2D eigenvalue weighted by molar-refractivity contribution is 6.05. The van der Waals surface area contributed by atoms with E-state index < -0.39 is 17.9 Å². The Morgan fingerprint density at radius 3 is 2.65 bits per heavy atom. The predicted molar refractivity (Wildman–Crippen MR) is 122 cm³/mol. The molecule has 3 amide bonds. The van der Waals surface area contributed by atoms with E-state index in [4.69, 9.17) is 0 Å². The van der Waals surface area contributed by atoms with Gasteiger partial charge in [-0.3, -0.25) is 19.7 Å². The monoisotopic (exact) mass is 473 g/mol. The van der Waals surface area contributed by atoms with E-state index in [0.29, 0.717) is 30.5 Å². The summed E-state index contributed by atoms with van der Waals surface area (Å²) < 4.78 is 26.6. The molecule has 1 aromatic carbocycles. The van der Waals surface area contributed by atoms with Crippen LogP contribution >= 0.6 is 0 Å². The number of carbonyl (C=O) groups excluding carboxylic acids is 3. The summed E-state index contributed by atoms with van der Waals surface area (Å²) in [6.07, 6.45) is 5.95. The minimum atomic E-state index is -2.49. The molecule has 4 atom stereocenters. The van der Waals surface area contributed by atoms with Crippen molar-refractivity contribution in [3.63, 3.8) is 0 Å². The van der Waals surface area contributed by atoms with Gasteiger partial charge in [-0.05, 0) is 61.6 Å². The lowest BCUT2D eigenvalue weighted by atomic mass is 9.75. The molecule has 5 rings (SSSR count). The van der Waals surface area contributed by atoms with Crippen LogP contribution in [0.3, 0.4) is 0 Å². The largest absolute Gasteiger partial charge is 0.322 e. The number of nitrogens with one attached hydrogen (secondary N) is 2. The number of rotatable bonds is 6. The van der Waals surface area contributed by atoms with Crippen LogP contribution in [-0.4, -0.2) is 46.7 Å². The number of carbonyl (C=O) groups is 3. The Balaban J connectivity index is 1.24. The van der Waals surface area contributed by atoms with Crippen molar-refractivity contribution in [1.82, 2.24) is 15.5 Å². The summed E-state index contributed by atoms with van der Waals surface area (Å²) in [5.41, 5.74) is 2.72. The Morgan fingerprint density at radius 2 is 1.91 bits per heavy atom. The molecule has 1 unspecified atom stereocenters. The fourth-order valence-corrected chi connectivity index (χ4v) is 6.26. The lowest BCUT2D eigenvalue weighted by molar-refractivity contribution is -0.136. The highest BCUT2D eigenvalue weighted by Crippen LogP contribution is 2.44. The molecule has 2 aliphatic heterocycles. The molecule has 184 valence electrons. The van der Waals surface area contributed by atoms with Crippen molar-refractivity contribution < 1.29 is 23.2 Å². The van der Waals surface area contributed by atoms with Crippen LogP contribution in [0.5, 0.6) is 0 Å². The maximum Gasteiger partial charge on any atom is 0.255 e. The standard InChI is InChI=1S/C26H33F2N3O3/c1-15(19-12-26(27,28)13-19)29-21-5-3-2-4-17(21)10-16-6-7-20-18(11-16)14-31(25(20)34)22-8-9-23(32)30-24(22)33/h6-7,11,15,17,19,21-22,29H,2-5,8-10,12-14H2,1H3,(H,30,32,33)/t15-,17+,21-,22?/m0/s1. The van der Waals surface area contributed by atoms with Crippen LogP contribution in [0.15, 0.2) is 18.2 Å². The van der Waals surface area contributed by atoms with Crippen molar-refractivity contribution in [2.75, 3.05) is 0 Å². The van der Waals surface area contributed by atoms with Gasteiger partial charge in [0.05, 0.1) is 0 Å². The summed E-state index contributed by atoms with van der Waals surface area (Å²) in [5.74, 6) is -2.86. The summed E-state index contributed by atoms with van der Waals surface area (Å²) in [6.45, 7) is 2.42. The second kappa shape index (κ2) is 9.02. The number of halogens is 2. The summed E-state index contributed by atoms with van der Waals surface area (Å²) >= 11 is 0. The number of imide groups is 1. The molecule has 34 heavy (non-hydrogen) atoms. The zero-order chi connectivity index (χ0) is 24.0. The van der Waals surface area contributed by atoms with Crippen molar-refractivity contribution in [2.24, 2.45) is 11.8 Å². The summed E-state index contributed by atoms with van der Waals surface area (Å²) in [7, 11) is 0. The molecule has 2 saturated carbocycles. The summed E-state index contributed by atoms with van der Waals surface area (Å²) in [5, 5.41) is 6.02. The molecule has 0 radical (unpaired) electrons. The van der Waals surface area contributed by atoms with Gasteiger partial charge in [0.25, 0.3) is 5.91 Å². The van der Waals surface area contributed by atoms with Gasteiger partial charge < -0.3 is 10.2 Å². The fourth-order valence-electron chi connectivity index (χ4n) is 6.26. The molecule has 6 nitrogen and oxygen atoms in total. The molecule has 0 aromatic heterocycles. The molecule has 4 aliphatic rings. The van der Waals surface area contributed by atoms with Gasteiger partial charge in [-0.25, -0.2) is 8.78 Å². The van der Waals surface area contributed by atoms with Crippen LogP contribution < -0.4 is 10.6 Å². The number of alkyl halides is 2. The number of benzene rings is 1. The first-order valence-corrected chi connectivity index (χ1v) is 12.6. The van der Waals surface area contributed by atoms with E-state index in [0.717, 1.165) is 31.2 Å². The highest BCUT2D eigenvalue weighted by Gasteiger charge is 2.47. The van der Waals surface area contributed by atoms with Crippen molar-refractivity contribution in [3.8, 4) is 0 Å². The van der Waals surface area contributed by atoms with Gasteiger partial charge in [-0.15, -0.1) is 0 Å². The molecule has 1 saturated heterocycles. The maximum absolute atomic E-state index is 13.3. The van der Waals surface area contributed by atoms with Crippen LogP contribution in [0.4, 0.5) is 8.78 Å². The fraction of sp³-hybridized carbons (Fsp3) is 0.654. The Labute approximate surface area is 198 Å². The third-order valence-electron chi connectivity index (χ3n) is 8.30. The second-order valence-electron chi connectivity index (χ2n) is 10.7. The summed E-state index contributed by atoms with van der Waals surface area (Å²) in [4.78, 5) is 38.3. The normalized spacial score (nSPS) is 30.0. The summed E-state index contributed by atoms with van der Waals surface area (Å²) in [6, 6.07) is 5.75. The van der Waals surface area contributed by atoms with Gasteiger partial charge in [-0.1, -0.05) is 25.0 Å². The third-order valence-corrected chi connectivity index (χ3v) is 8.30. The third kappa shape index (κ3) is 4.61. The predicted octanol–water partition coefficient (Wildman–Crippen LogP) is 3.57.